The number of nitrogen functional groups attached to an aromatic ring is 1. The van der Waals surface area contributed by atoms with E-state index >= 15 is 0 Å². The van der Waals surface area contributed by atoms with Gasteiger partial charge in [0.2, 0.25) is 0 Å². The Hall–Kier alpha value is -2.49. The fourth-order valence-corrected chi connectivity index (χ4v) is 1.76. The zero-order valence-electron chi connectivity index (χ0n) is 10.8. The van der Waals surface area contributed by atoms with Gasteiger partial charge in [-0.05, 0) is 49.2 Å². The van der Waals surface area contributed by atoms with Crippen molar-refractivity contribution in [3.05, 3.63) is 53.1 Å². The van der Waals surface area contributed by atoms with Crippen LogP contribution in [0.15, 0.2) is 36.4 Å². The van der Waals surface area contributed by atoms with Crippen molar-refractivity contribution in [3.8, 4) is 11.5 Å². The fraction of sp³-hybridized carbons (Fsp3) is 0.133. The van der Waals surface area contributed by atoms with E-state index in [9.17, 15) is 4.79 Å². The Labute approximate surface area is 111 Å². The van der Waals surface area contributed by atoms with E-state index in [1.807, 2.05) is 32.0 Å². The van der Waals surface area contributed by atoms with Crippen LogP contribution in [0.1, 0.15) is 21.5 Å². The van der Waals surface area contributed by atoms with Crippen LogP contribution in [0.2, 0.25) is 0 Å². The molecule has 0 heterocycles. The Bertz CT molecular complexity index is 635. The minimum atomic E-state index is -1.06. The highest BCUT2D eigenvalue weighted by molar-refractivity contribution is 5.92. The number of benzene rings is 2. The lowest BCUT2D eigenvalue weighted by Crippen LogP contribution is -2.02. The molecule has 0 amide bonds. The first-order chi connectivity index (χ1) is 8.99. The number of aromatic carboxylic acids is 1. The minimum Gasteiger partial charge on any atom is -0.478 e. The Morgan fingerprint density at radius 2 is 1.89 bits per heavy atom. The van der Waals surface area contributed by atoms with Gasteiger partial charge in [-0.1, -0.05) is 12.1 Å². The molecular weight excluding hydrogens is 242 g/mol. The largest absolute Gasteiger partial charge is 0.478 e. The fourth-order valence-electron chi connectivity index (χ4n) is 1.76. The number of nitrogens with two attached hydrogens (primary N) is 1. The van der Waals surface area contributed by atoms with E-state index in [1.165, 1.54) is 6.07 Å². The van der Waals surface area contributed by atoms with Crippen molar-refractivity contribution < 1.29 is 14.6 Å². The van der Waals surface area contributed by atoms with E-state index in [-0.39, 0.29) is 11.3 Å². The van der Waals surface area contributed by atoms with E-state index < -0.39 is 5.97 Å². The molecule has 19 heavy (non-hydrogen) atoms. The summed E-state index contributed by atoms with van der Waals surface area (Å²) in [4.78, 5) is 11.2. The van der Waals surface area contributed by atoms with Crippen molar-refractivity contribution >= 4 is 11.7 Å². The van der Waals surface area contributed by atoms with Crippen molar-refractivity contribution in [2.45, 2.75) is 13.8 Å². The molecule has 0 saturated heterocycles. The minimum absolute atomic E-state index is 0.0564. The van der Waals surface area contributed by atoms with Crippen LogP contribution < -0.4 is 10.5 Å². The number of ether oxygens (including phenoxy) is 1. The molecule has 2 aromatic carbocycles. The average Bonchev–Trinajstić information content (AvgIpc) is 2.36. The number of hydrogen-bond donors (Lipinski definition) is 2. The first-order valence-corrected chi connectivity index (χ1v) is 5.86. The van der Waals surface area contributed by atoms with Gasteiger partial charge >= 0.3 is 5.97 Å². The summed E-state index contributed by atoms with van der Waals surface area (Å²) in [7, 11) is 0. The third-order valence-electron chi connectivity index (χ3n) is 3.01. The zero-order chi connectivity index (χ0) is 14.0. The molecule has 0 saturated carbocycles. The Morgan fingerprint density at radius 1 is 1.16 bits per heavy atom. The number of carbonyl (C=O) groups is 1. The van der Waals surface area contributed by atoms with E-state index in [1.54, 1.807) is 12.1 Å². The highest BCUT2D eigenvalue weighted by atomic mass is 16.5. The summed E-state index contributed by atoms with van der Waals surface area (Å²) in [6, 6.07) is 10.2. The third kappa shape index (κ3) is 2.68. The number of aryl methyl sites for hydroxylation is 1. The second-order valence-electron chi connectivity index (χ2n) is 4.36. The molecule has 0 aliphatic heterocycles. The van der Waals surface area contributed by atoms with Crippen LogP contribution in [0.25, 0.3) is 0 Å². The highest BCUT2D eigenvalue weighted by Crippen LogP contribution is 2.30. The van der Waals surface area contributed by atoms with Gasteiger partial charge in [-0.25, -0.2) is 4.79 Å². The number of hydrogen-bond acceptors (Lipinski definition) is 3. The van der Waals surface area contributed by atoms with Crippen molar-refractivity contribution in [1.82, 2.24) is 0 Å². The van der Waals surface area contributed by atoms with Gasteiger partial charge in [0, 0.05) is 5.69 Å². The lowest BCUT2D eigenvalue weighted by atomic mass is 10.1. The zero-order valence-corrected chi connectivity index (χ0v) is 10.8. The van der Waals surface area contributed by atoms with Crippen molar-refractivity contribution in [2.75, 3.05) is 5.73 Å². The molecular formula is C15H15NO3. The predicted octanol–water partition coefficient (Wildman–Crippen LogP) is 3.38. The molecule has 2 aromatic rings. The maximum Gasteiger partial charge on any atom is 0.339 e. The predicted molar refractivity (Wildman–Crippen MR) is 73.8 cm³/mol. The van der Waals surface area contributed by atoms with Gasteiger partial charge in [-0.2, -0.15) is 0 Å². The number of carboxylic acid groups (broad SMARTS) is 1. The molecule has 0 atom stereocenters. The molecule has 0 aromatic heterocycles. The first-order valence-electron chi connectivity index (χ1n) is 5.86. The van der Waals surface area contributed by atoms with Crippen molar-refractivity contribution in [2.24, 2.45) is 0 Å². The SMILES string of the molecule is Cc1cccc(Oc2ccc(N)cc2C(=O)O)c1C. The molecule has 0 unspecified atom stereocenters. The Balaban J connectivity index is 2.44. The maximum absolute atomic E-state index is 11.2. The van der Waals surface area contributed by atoms with Gasteiger partial charge in [0.05, 0.1) is 0 Å². The second kappa shape index (κ2) is 5.02. The lowest BCUT2D eigenvalue weighted by molar-refractivity contribution is 0.0694. The van der Waals surface area contributed by atoms with Gasteiger partial charge in [0.1, 0.15) is 17.1 Å². The number of rotatable bonds is 3. The summed E-state index contributed by atoms with van der Waals surface area (Å²) in [6.45, 7) is 3.91. The molecule has 0 fully saturated rings. The molecule has 0 radical (unpaired) electrons. The van der Waals surface area contributed by atoms with Gasteiger partial charge in [0.15, 0.2) is 0 Å². The molecule has 0 aliphatic carbocycles. The molecule has 4 nitrogen and oxygen atoms in total. The van der Waals surface area contributed by atoms with Gasteiger partial charge in [0.25, 0.3) is 0 Å². The summed E-state index contributed by atoms with van der Waals surface area (Å²) in [5.41, 5.74) is 8.11. The molecule has 98 valence electrons. The van der Waals surface area contributed by atoms with Crippen molar-refractivity contribution in [1.29, 1.82) is 0 Å². The van der Waals surface area contributed by atoms with Crippen LogP contribution in [-0.4, -0.2) is 11.1 Å². The standard InChI is InChI=1S/C15H15NO3/c1-9-4-3-5-13(10(9)2)19-14-7-6-11(16)8-12(14)15(17)18/h3-8H,16H2,1-2H3,(H,17,18). The van der Waals surface area contributed by atoms with E-state index in [0.29, 0.717) is 11.4 Å². The Kier molecular flexibility index (Phi) is 3.42. The van der Waals surface area contributed by atoms with Crippen LogP contribution in [0.4, 0.5) is 5.69 Å². The van der Waals surface area contributed by atoms with Gasteiger partial charge in [-0.15, -0.1) is 0 Å². The summed E-state index contributed by atoms with van der Waals surface area (Å²) in [5.74, 6) is -0.129. The van der Waals surface area contributed by atoms with Crippen LogP contribution in [0.5, 0.6) is 11.5 Å². The van der Waals surface area contributed by atoms with Crippen LogP contribution in [0.3, 0.4) is 0 Å². The van der Waals surface area contributed by atoms with Crippen LogP contribution in [0, 0.1) is 13.8 Å². The maximum atomic E-state index is 11.2. The third-order valence-corrected chi connectivity index (χ3v) is 3.01. The summed E-state index contributed by atoms with van der Waals surface area (Å²) >= 11 is 0. The Morgan fingerprint density at radius 3 is 2.58 bits per heavy atom. The van der Waals surface area contributed by atoms with E-state index in [0.717, 1.165) is 11.1 Å². The van der Waals surface area contributed by atoms with Gasteiger partial charge in [-0.3, -0.25) is 0 Å². The average molecular weight is 257 g/mol. The number of anilines is 1. The highest BCUT2D eigenvalue weighted by Gasteiger charge is 2.13. The van der Waals surface area contributed by atoms with E-state index in [4.69, 9.17) is 15.6 Å². The smallest absolute Gasteiger partial charge is 0.339 e. The second-order valence-corrected chi connectivity index (χ2v) is 4.36. The molecule has 2 rings (SSSR count). The topological polar surface area (TPSA) is 72.5 Å². The quantitative estimate of drug-likeness (QED) is 0.827. The lowest BCUT2D eigenvalue weighted by Gasteiger charge is -2.12. The van der Waals surface area contributed by atoms with Crippen LogP contribution in [-0.2, 0) is 0 Å². The normalized spacial score (nSPS) is 10.2. The van der Waals surface area contributed by atoms with E-state index in [2.05, 4.69) is 0 Å². The summed E-state index contributed by atoms with van der Waals surface area (Å²) in [6.07, 6.45) is 0. The molecule has 4 heteroatoms. The summed E-state index contributed by atoms with van der Waals surface area (Å²) < 4.78 is 5.70. The van der Waals surface area contributed by atoms with Crippen LogP contribution >= 0.6 is 0 Å². The van der Waals surface area contributed by atoms with Crippen molar-refractivity contribution in [3.63, 3.8) is 0 Å². The first kappa shape index (κ1) is 13.0. The molecule has 0 aliphatic rings. The molecule has 3 N–H and O–H groups in total. The number of carboxylic acids is 1. The van der Waals surface area contributed by atoms with Gasteiger partial charge < -0.3 is 15.6 Å². The molecule has 0 bridgehead atoms. The summed E-state index contributed by atoms with van der Waals surface area (Å²) in [5, 5.41) is 9.16. The monoisotopic (exact) mass is 257 g/mol. The molecule has 0 spiro atoms.